The first kappa shape index (κ1) is 13.4. The van der Waals surface area contributed by atoms with Gasteiger partial charge in [-0.05, 0) is 56.3 Å². The molecule has 0 amide bonds. The quantitative estimate of drug-likeness (QED) is 0.870. The molecule has 18 heavy (non-hydrogen) atoms. The van der Waals surface area contributed by atoms with Gasteiger partial charge in [-0.1, -0.05) is 18.2 Å². The van der Waals surface area contributed by atoms with Gasteiger partial charge in [0.1, 0.15) is 0 Å². The molecule has 0 aromatic heterocycles. The van der Waals surface area contributed by atoms with Crippen LogP contribution in [-0.4, -0.2) is 13.6 Å². The van der Waals surface area contributed by atoms with Crippen molar-refractivity contribution in [1.82, 2.24) is 5.32 Å². The van der Waals surface area contributed by atoms with E-state index in [1.807, 2.05) is 7.05 Å². The Morgan fingerprint density at radius 1 is 1.17 bits per heavy atom. The van der Waals surface area contributed by atoms with Gasteiger partial charge in [0, 0.05) is 0 Å². The number of rotatable bonds is 4. The molecule has 4 heteroatoms. The van der Waals surface area contributed by atoms with Crippen LogP contribution in [0.4, 0.5) is 13.2 Å². The first-order valence-corrected chi connectivity index (χ1v) is 6.32. The van der Waals surface area contributed by atoms with E-state index in [1.54, 1.807) is 12.1 Å². The van der Waals surface area contributed by atoms with Gasteiger partial charge in [0.05, 0.1) is 5.56 Å². The van der Waals surface area contributed by atoms with Crippen LogP contribution in [0.15, 0.2) is 24.3 Å². The van der Waals surface area contributed by atoms with Crippen molar-refractivity contribution in [2.75, 3.05) is 13.6 Å². The molecule has 0 spiro atoms. The Morgan fingerprint density at radius 3 is 2.39 bits per heavy atom. The highest BCUT2D eigenvalue weighted by Crippen LogP contribution is 2.39. The van der Waals surface area contributed by atoms with Crippen LogP contribution in [0.3, 0.4) is 0 Å². The Kier molecular flexibility index (Phi) is 3.95. The average molecular weight is 257 g/mol. The van der Waals surface area contributed by atoms with Gasteiger partial charge in [-0.25, -0.2) is 0 Å². The molecule has 0 bridgehead atoms. The molecule has 0 radical (unpaired) electrons. The Morgan fingerprint density at radius 2 is 1.83 bits per heavy atom. The van der Waals surface area contributed by atoms with Gasteiger partial charge in [0.2, 0.25) is 0 Å². The molecular formula is C14H18F3N. The molecule has 2 unspecified atom stereocenters. The lowest BCUT2D eigenvalue weighted by Crippen LogP contribution is -2.35. The highest BCUT2D eigenvalue weighted by atomic mass is 19.4. The van der Waals surface area contributed by atoms with E-state index in [2.05, 4.69) is 5.32 Å². The van der Waals surface area contributed by atoms with Crippen molar-refractivity contribution in [3.8, 4) is 0 Å². The third-order valence-electron chi connectivity index (χ3n) is 3.85. The molecule has 1 aromatic carbocycles. The van der Waals surface area contributed by atoms with Crippen LogP contribution in [0, 0.1) is 11.8 Å². The van der Waals surface area contributed by atoms with Crippen molar-refractivity contribution in [1.29, 1.82) is 0 Å². The minimum atomic E-state index is -4.24. The second-order valence-electron chi connectivity index (χ2n) is 5.01. The highest BCUT2D eigenvalue weighted by Gasteiger charge is 2.36. The van der Waals surface area contributed by atoms with E-state index in [0.717, 1.165) is 19.4 Å². The predicted octanol–water partition coefficient (Wildman–Crippen LogP) is 3.49. The highest BCUT2D eigenvalue weighted by molar-refractivity contribution is 5.30. The summed E-state index contributed by atoms with van der Waals surface area (Å²) >= 11 is 0. The van der Waals surface area contributed by atoms with E-state index >= 15 is 0 Å². The summed E-state index contributed by atoms with van der Waals surface area (Å²) in [4.78, 5) is 0. The maximum atomic E-state index is 12.9. The van der Waals surface area contributed by atoms with Gasteiger partial charge in [-0.3, -0.25) is 0 Å². The number of nitrogens with one attached hydrogen (secondary N) is 1. The van der Waals surface area contributed by atoms with Gasteiger partial charge >= 0.3 is 6.18 Å². The topological polar surface area (TPSA) is 12.0 Å². The summed E-state index contributed by atoms with van der Waals surface area (Å²) in [5.74, 6) is 0.914. The van der Waals surface area contributed by atoms with Crippen LogP contribution in [0.5, 0.6) is 0 Å². The van der Waals surface area contributed by atoms with Crippen molar-refractivity contribution in [2.45, 2.75) is 25.4 Å². The summed E-state index contributed by atoms with van der Waals surface area (Å²) in [6, 6.07) is 5.94. The molecule has 1 aliphatic carbocycles. The summed E-state index contributed by atoms with van der Waals surface area (Å²) < 4.78 is 38.6. The zero-order valence-electron chi connectivity index (χ0n) is 10.4. The Balaban J connectivity index is 2.10. The fourth-order valence-electron chi connectivity index (χ4n) is 2.70. The van der Waals surface area contributed by atoms with Crippen LogP contribution in [0.25, 0.3) is 0 Å². The third kappa shape index (κ3) is 2.86. The van der Waals surface area contributed by atoms with Gasteiger partial charge in [-0.15, -0.1) is 0 Å². The van der Waals surface area contributed by atoms with E-state index in [-0.39, 0.29) is 0 Å². The normalized spacial score (nSPS) is 23.8. The molecule has 0 saturated heterocycles. The Bertz CT molecular complexity index is 400. The molecule has 1 nitrogen and oxygen atoms in total. The standard InChI is InChI=1S/C14H18F3N/c1-18-9-12-7-6-10(12)8-11-4-2-3-5-13(11)14(15,16)17/h2-5,10,12,18H,6-9H2,1H3. The molecule has 2 atom stereocenters. The molecule has 1 N–H and O–H groups in total. The lowest BCUT2D eigenvalue weighted by atomic mass is 9.70. The Labute approximate surface area is 105 Å². The van der Waals surface area contributed by atoms with Crippen molar-refractivity contribution < 1.29 is 13.2 Å². The Hall–Kier alpha value is -1.03. The summed E-state index contributed by atoms with van der Waals surface area (Å²) in [5, 5.41) is 3.11. The lowest BCUT2D eigenvalue weighted by molar-refractivity contribution is -0.138. The van der Waals surface area contributed by atoms with Gasteiger partial charge in [0.25, 0.3) is 0 Å². The van der Waals surface area contributed by atoms with Gasteiger partial charge in [0.15, 0.2) is 0 Å². The van der Waals surface area contributed by atoms with Crippen molar-refractivity contribution in [3.63, 3.8) is 0 Å². The third-order valence-corrected chi connectivity index (χ3v) is 3.85. The molecule has 0 heterocycles. The summed E-state index contributed by atoms with van der Waals surface area (Å²) in [5.41, 5.74) is -0.0316. The largest absolute Gasteiger partial charge is 0.416 e. The first-order chi connectivity index (χ1) is 8.52. The number of halogens is 3. The molecule has 1 saturated carbocycles. The van der Waals surface area contributed by atoms with Crippen LogP contribution < -0.4 is 5.32 Å². The van der Waals surface area contributed by atoms with Crippen LogP contribution in [0.1, 0.15) is 24.0 Å². The summed E-state index contributed by atoms with van der Waals surface area (Å²) in [6.45, 7) is 0.902. The van der Waals surface area contributed by atoms with Crippen LogP contribution >= 0.6 is 0 Å². The first-order valence-electron chi connectivity index (χ1n) is 6.32. The molecule has 1 aromatic rings. The second kappa shape index (κ2) is 5.31. The molecule has 2 rings (SSSR count). The fourth-order valence-corrected chi connectivity index (χ4v) is 2.70. The van der Waals surface area contributed by atoms with E-state index in [0.29, 0.717) is 23.8 Å². The predicted molar refractivity (Wildman–Crippen MR) is 65.3 cm³/mol. The summed E-state index contributed by atoms with van der Waals surface area (Å²) in [6.07, 6.45) is -1.53. The SMILES string of the molecule is CNCC1CCC1Cc1ccccc1C(F)(F)F. The van der Waals surface area contributed by atoms with E-state index in [1.165, 1.54) is 12.1 Å². The second-order valence-corrected chi connectivity index (χ2v) is 5.01. The zero-order valence-corrected chi connectivity index (χ0v) is 10.4. The van der Waals surface area contributed by atoms with Crippen molar-refractivity contribution in [3.05, 3.63) is 35.4 Å². The smallest absolute Gasteiger partial charge is 0.319 e. The summed E-state index contributed by atoms with van der Waals surface area (Å²) in [7, 11) is 1.89. The van der Waals surface area contributed by atoms with E-state index in [4.69, 9.17) is 0 Å². The number of hydrogen-bond acceptors (Lipinski definition) is 1. The van der Waals surface area contributed by atoms with Crippen molar-refractivity contribution in [2.24, 2.45) is 11.8 Å². The fraction of sp³-hybridized carbons (Fsp3) is 0.571. The monoisotopic (exact) mass is 257 g/mol. The molecule has 0 aliphatic heterocycles. The molecule has 100 valence electrons. The minimum Gasteiger partial charge on any atom is -0.319 e. The van der Waals surface area contributed by atoms with E-state index < -0.39 is 11.7 Å². The van der Waals surface area contributed by atoms with Crippen LogP contribution in [0.2, 0.25) is 0 Å². The minimum absolute atomic E-state index is 0.390. The number of hydrogen-bond donors (Lipinski definition) is 1. The zero-order chi connectivity index (χ0) is 13.2. The maximum Gasteiger partial charge on any atom is 0.416 e. The number of benzene rings is 1. The molecule has 1 aliphatic rings. The maximum absolute atomic E-state index is 12.9. The average Bonchev–Trinajstić information content (AvgIpc) is 2.31. The molecular weight excluding hydrogens is 239 g/mol. The van der Waals surface area contributed by atoms with Gasteiger partial charge in [-0.2, -0.15) is 13.2 Å². The lowest BCUT2D eigenvalue weighted by Gasteiger charge is -2.37. The van der Waals surface area contributed by atoms with Crippen LogP contribution in [-0.2, 0) is 12.6 Å². The molecule has 1 fully saturated rings. The van der Waals surface area contributed by atoms with E-state index in [9.17, 15) is 13.2 Å². The van der Waals surface area contributed by atoms with Gasteiger partial charge < -0.3 is 5.32 Å². The number of alkyl halides is 3. The van der Waals surface area contributed by atoms with Crippen molar-refractivity contribution >= 4 is 0 Å².